The van der Waals surface area contributed by atoms with Crippen molar-refractivity contribution in [2.45, 2.75) is 26.7 Å². The Morgan fingerprint density at radius 3 is 2.57 bits per heavy atom. The first-order valence-corrected chi connectivity index (χ1v) is 8.06. The van der Waals surface area contributed by atoms with Crippen LogP contribution in [0, 0.1) is 18.8 Å². The number of carbonyl (C=O) groups excluding carboxylic acids is 2. The van der Waals surface area contributed by atoms with Crippen LogP contribution in [-0.2, 0) is 9.59 Å². The third-order valence-corrected chi connectivity index (χ3v) is 5.50. The molecule has 1 saturated heterocycles. The number of aryl methyl sites for hydroxylation is 1. The van der Waals surface area contributed by atoms with Crippen molar-refractivity contribution in [3.05, 3.63) is 38.8 Å². The van der Waals surface area contributed by atoms with E-state index in [-0.39, 0.29) is 23.7 Å². The van der Waals surface area contributed by atoms with E-state index in [2.05, 4.69) is 22.0 Å². The van der Waals surface area contributed by atoms with Gasteiger partial charge in [-0.15, -0.1) is 0 Å². The number of fused-ring (bicyclic) bond motifs is 1. The van der Waals surface area contributed by atoms with Gasteiger partial charge in [0, 0.05) is 4.47 Å². The molecule has 1 fully saturated rings. The molecule has 0 spiro atoms. The molecule has 1 aromatic carbocycles. The van der Waals surface area contributed by atoms with E-state index in [1.165, 1.54) is 10.5 Å². The highest BCUT2D eigenvalue weighted by atomic mass is 79.9. The minimum absolute atomic E-state index is 0.0982. The van der Waals surface area contributed by atoms with Crippen molar-refractivity contribution >= 4 is 45.0 Å². The molecule has 0 bridgehead atoms. The van der Waals surface area contributed by atoms with E-state index < -0.39 is 0 Å². The average molecular weight is 369 g/mol. The fourth-order valence-corrected chi connectivity index (χ4v) is 3.77. The Bertz CT molecular complexity index is 683. The number of imide groups is 1. The van der Waals surface area contributed by atoms with Crippen LogP contribution in [0.1, 0.15) is 25.3 Å². The molecule has 1 aromatic rings. The van der Waals surface area contributed by atoms with E-state index in [4.69, 9.17) is 11.6 Å². The van der Waals surface area contributed by atoms with Gasteiger partial charge >= 0.3 is 0 Å². The Balaban J connectivity index is 2.03. The number of benzene rings is 1. The average Bonchev–Trinajstić information content (AvgIpc) is 2.66. The van der Waals surface area contributed by atoms with E-state index in [1.54, 1.807) is 6.07 Å². The molecule has 21 heavy (non-hydrogen) atoms. The summed E-state index contributed by atoms with van der Waals surface area (Å²) in [5.41, 5.74) is 2.64. The molecule has 2 aliphatic rings. The maximum atomic E-state index is 12.7. The Morgan fingerprint density at radius 2 is 1.86 bits per heavy atom. The summed E-state index contributed by atoms with van der Waals surface area (Å²) in [6, 6.07) is 3.53. The van der Waals surface area contributed by atoms with Crippen LogP contribution >= 0.6 is 27.5 Å². The molecular weight excluding hydrogens is 354 g/mol. The van der Waals surface area contributed by atoms with Crippen LogP contribution in [0.15, 0.2) is 28.3 Å². The first-order valence-electron chi connectivity index (χ1n) is 6.89. The highest BCUT2D eigenvalue weighted by Crippen LogP contribution is 2.41. The topological polar surface area (TPSA) is 37.4 Å². The van der Waals surface area contributed by atoms with E-state index in [0.29, 0.717) is 23.6 Å². The van der Waals surface area contributed by atoms with Crippen molar-refractivity contribution < 1.29 is 9.59 Å². The normalized spacial score (nSPS) is 25.1. The lowest BCUT2D eigenvalue weighted by Gasteiger charge is -2.19. The predicted molar refractivity (Wildman–Crippen MR) is 86.4 cm³/mol. The summed E-state index contributed by atoms with van der Waals surface area (Å²) < 4.78 is 0.763. The molecule has 110 valence electrons. The number of carbonyl (C=O) groups is 2. The van der Waals surface area contributed by atoms with Gasteiger partial charge in [0.25, 0.3) is 0 Å². The van der Waals surface area contributed by atoms with Crippen LogP contribution in [0.4, 0.5) is 5.69 Å². The number of anilines is 1. The van der Waals surface area contributed by atoms with E-state index >= 15 is 0 Å². The van der Waals surface area contributed by atoms with Crippen molar-refractivity contribution in [3.8, 4) is 0 Å². The Kier molecular flexibility index (Phi) is 3.70. The van der Waals surface area contributed by atoms with Gasteiger partial charge in [0.2, 0.25) is 11.8 Å². The molecule has 0 saturated carbocycles. The summed E-state index contributed by atoms with van der Waals surface area (Å²) >= 11 is 9.49. The number of amides is 2. The standard InChI is InChI=1S/C16H15BrClNO2/c1-8-3-4-10-11(5-8)16(21)19(15(10)20)14-7-13(18)12(17)6-9(14)2/h3,6-7,10-11H,4-5H2,1-2H3/t10-,11-/m0/s1. The van der Waals surface area contributed by atoms with Crippen LogP contribution in [0.25, 0.3) is 0 Å². The Labute approximate surface area is 137 Å². The van der Waals surface area contributed by atoms with Crippen LogP contribution in [0.5, 0.6) is 0 Å². The van der Waals surface area contributed by atoms with Gasteiger partial charge in [-0.2, -0.15) is 0 Å². The van der Waals surface area contributed by atoms with E-state index in [1.807, 2.05) is 19.9 Å². The zero-order valence-corrected chi connectivity index (χ0v) is 14.2. The zero-order valence-electron chi connectivity index (χ0n) is 11.8. The predicted octanol–water partition coefficient (Wildman–Crippen LogP) is 4.26. The number of halogens is 2. The minimum Gasteiger partial charge on any atom is -0.274 e. The van der Waals surface area contributed by atoms with Gasteiger partial charge in [0.1, 0.15) is 0 Å². The molecule has 1 aliphatic heterocycles. The van der Waals surface area contributed by atoms with E-state index in [9.17, 15) is 9.59 Å². The third kappa shape index (κ3) is 2.34. The Morgan fingerprint density at radius 1 is 1.19 bits per heavy atom. The molecule has 0 radical (unpaired) electrons. The van der Waals surface area contributed by atoms with Gasteiger partial charge < -0.3 is 0 Å². The number of hydrogen-bond acceptors (Lipinski definition) is 2. The molecule has 2 atom stereocenters. The SMILES string of the molecule is CC1=CC[C@@H]2C(=O)N(c3cc(Cl)c(Br)cc3C)C(=O)[C@H]2C1. The third-order valence-electron chi connectivity index (χ3n) is 4.30. The highest BCUT2D eigenvalue weighted by Gasteiger charge is 2.49. The monoisotopic (exact) mass is 367 g/mol. The molecule has 2 amide bonds. The number of allylic oxidation sites excluding steroid dienone is 2. The molecule has 3 rings (SSSR count). The zero-order chi connectivity index (χ0) is 15.3. The molecule has 5 heteroatoms. The first-order chi connectivity index (χ1) is 9.90. The van der Waals surface area contributed by atoms with Crippen LogP contribution in [0.2, 0.25) is 5.02 Å². The number of rotatable bonds is 1. The molecular formula is C16H15BrClNO2. The fraction of sp³-hybridized carbons (Fsp3) is 0.375. The lowest BCUT2D eigenvalue weighted by Crippen LogP contribution is -2.31. The van der Waals surface area contributed by atoms with Crippen molar-refractivity contribution in [1.82, 2.24) is 0 Å². The maximum Gasteiger partial charge on any atom is 0.238 e. The van der Waals surface area contributed by atoms with Crippen LogP contribution in [-0.4, -0.2) is 11.8 Å². The fourth-order valence-electron chi connectivity index (χ4n) is 3.15. The molecule has 1 heterocycles. The van der Waals surface area contributed by atoms with Gasteiger partial charge in [-0.1, -0.05) is 23.3 Å². The minimum atomic E-state index is -0.219. The second-order valence-corrected chi connectivity index (χ2v) is 7.03. The second-order valence-electron chi connectivity index (χ2n) is 5.77. The quantitative estimate of drug-likeness (QED) is 0.549. The van der Waals surface area contributed by atoms with Crippen LogP contribution in [0.3, 0.4) is 0 Å². The summed E-state index contributed by atoms with van der Waals surface area (Å²) in [4.78, 5) is 26.6. The van der Waals surface area contributed by atoms with Crippen LogP contribution < -0.4 is 4.90 Å². The largest absolute Gasteiger partial charge is 0.274 e. The molecule has 3 nitrogen and oxygen atoms in total. The summed E-state index contributed by atoms with van der Waals surface area (Å²) in [5, 5.41) is 0.500. The summed E-state index contributed by atoms with van der Waals surface area (Å²) in [6.45, 7) is 3.89. The smallest absolute Gasteiger partial charge is 0.238 e. The van der Waals surface area contributed by atoms with Crippen molar-refractivity contribution in [2.24, 2.45) is 11.8 Å². The van der Waals surface area contributed by atoms with Gasteiger partial charge in [-0.3, -0.25) is 9.59 Å². The second kappa shape index (κ2) is 5.25. The summed E-state index contributed by atoms with van der Waals surface area (Å²) in [6.07, 6.45) is 3.40. The van der Waals surface area contributed by atoms with Gasteiger partial charge in [0.15, 0.2) is 0 Å². The Hall–Kier alpha value is -1.13. The van der Waals surface area contributed by atoms with Gasteiger partial charge in [0.05, 0.1) is 22.5 Å². The molecule has 0 aromatic heterocycles. The maximum absolute atomic E-state index is 12.7. The lowest BCUT2D eigenvalue weighted by molar-refractivity contribution is -0.122. The number of nitrogens with zero attached hydrogens (tertiary/aromatic N) is 1. The molecule has 0 N–H and O–H groups in total. The van der Waals surface area contributed by atoms with Crippen molar-refractivity contribution in [3.63, 3.8) is 0 Å². The number of hydrogen-bond donors (Lipinski definition) is 0. The molecule has 1 aliphatic carbocycles. The van der Waals surface area contributed by atoms with Crippen molar-refractivity contribution in [1.29, 1.82) is 0 Å². The van der Waals surface area contributed by atoms with Gasteiger partial charge in [-0.05, 0) is 60.3 Å². The van der Waals surface area contributed by atoms with Crippen molar-refractivity contribution in [2.75, 3.05) is 4.90 Å². The first kappa shape index (κ1) is 14.8. The van der Waals surface area contributed by atoms with E-state index in [0.717, 1.165) is 10.0 Å². The summed E-state index contributed by atoms with van der Waals surface area (Å²) in [7, 11) is 0. The summed E-state index contributed by atoms with van der Waals surface area (Å²) in [5.74, 6) is -0.637. The lowest BCUT2D eigenvalue weighted by atomic mass is 9.82. The molecule has 0 unspecified atom stereocenters. The van der Waals surface area contributed by atoms with Gasteiger partial charge in [-0.25, -0.2) is 4.90 Å². The highest BCUT2D eigenvalue weighted by molar-refractivity contribution is 9.10.